The lowest BCUT2D eigenvalue weighted by Gasteiger charge is -2.13. The SMILES string of the molecule is Clc1c(Cl)c(Br)c(CBr)c(CBr)c1Br. The first-order valence-corrected chi connectivity index (χ1v) is 8.08. The Morgan fingerprint density at radius 2 is 1.07 bits per heavy atom. The maximum absolute atomic E-state index is 6.05. The Balaban J connectivity index is 3.57. The first-order valence-electron chi connectivity index (χ1n) is 3.50. The minimum atomic E-state index is 0.540. The molecule has 1 rings (SSSR count). The monoisotopic (exact) mass is 486 g/mol. The molecule has 14 heavy (non-hydrogen) atoms. The molecule has 0 spiro atoms. The first-order chi connectivity index (χ1) is 6.54. The number of hydrogen-bond acceptors (Lipinski definition) is 0. The van der Waals surface area contributed by atoms with Gasteiger partial charge in [0.25, 0.3) is 0 Å². The molecule has 0 aromatic heterocycles. The van der Waals surface area contributed by atoms with Gasteiger partial charge in [-0.25, -0.2) is 0 Å². The minimum Gasteiger partial charge on any atom is -0.0876 e. The van der Waals surface area contributed by atoms with Crippen LogP contribution in [0, 0.1) is 0 Å². The van der Waals surface area contributed by atoms with Gasteiger partial charge in [0.1, 0.15) is 0 Å². The fraction of sp³-hybridized carbons (Fsp3) is 0.250. The van der Waals surface area contributed by atoms with Gasteiger partial charge >= 0.3 is 0 Å². The normalized spacial score (nSPS) is 10.7. The van der Waals surface area contributed by atoms with Crippen LogP contribution in [0.5, 0.6) is 0 Å². The van der Waals surface area contributed by atoms with Crippen molar-refractivity contribution in [2.75, 3.05) is 0 Å². The number of rotatable bonds is 2. The van der Waals surface area contributed by atoms with Gasteiger partial charge in [-0.3, -0.25) is 0 Å². The highest BCUT2D eigenvalue weighted by Crippen LogP contribution is 2.43. The summed E-state index contributed by atoms with van der Waals surface area (Å²) in [6, 6.07) is 0. The molecule has 78 valence electrons. The van der Waals surface area contributed by atoms with Crippen molar-refractivity contribution >= 4 is 86.9 Å². The molecule has 0 aliphatic rings. The Labute approximate surface area is 126 Å². The molecule has 0 heterocycles. The maximum Gasteiger partial charge on any atom is 0.0749 e. The Bertz CT molecular complexity index is 330. The molecule has 1 aromatic carbocycles. The van der Waals surface area contributed by atoms with Gasteiger partial charge < -0.3 is 0 Å². The van der Waals surface area contributed by atoms with Crippen molar-refractivity contribution in [3.8, 4) is 0 Å². The second-order valence-corrected chi connectivity index (χ2v) is 5.94. The highest BCUT2D eigenvalue weighted by atomic mass is 79.9. The standard InChI is InChI=1S/C8H4Br4Cl2/c9-1-3-4(2-10)6(12)8(14)7(13)5(3)11/h1-2H2. The average molecular weight is 491 g/mol. The van der Waals surface area contributed by atoms with Crippen LogP contribution in [0.3, 0.4) is 0 Å². The van der Waals surface area contributed by atoms with Gasteiger partial charge in [-0.15, -0.1) is 0 Å². The van der Waals surface area contributed by atoms with Gasteiger partial charge in [-0.05, 0) is 43.0 Å². The molecule has 0 saturated carbocycles. The second kappa shape index (κ2) is 5.87. The van der Waals surface area contributed by atoms with Crippen molar-refractivity contribution in [1.29, 1.82) is 0 Å². The van der Waals surface area contributed by atoms with Crippen LogP contribution in [-0.4, -0.2) is 0 Å². The van der Waals surface area contributed by atoms with Gasteiger partial charge in [-0.1, -0.05) is 55.1 Å². The molecule has 0 nitrogen and oxygen atoms in total. The summed E-state index contributed by atoms with van der Waals surface area (Å²) < 4.78 is 1.69. The molecule has 1 aromatic rings. The predicted octanol–water partition coefficient (Wildman–Crippen LogP) is 6.31. The van der Waals surface area contributed by atoms with E-state index in [0.29, 0.717) is 10.0 Å². The van der Waals surface area contributed by atoms with Crippen molar-refractivity contribution in [3.63, 3.8) is 0 Å². The molecule has 0 radical (unpaired) electrons. The van der Waals surface area contributed by atoms with E-state index in [2.05, 4.69) is 63.7 Å². The lowest BCUT2D eigenvalue weighted by molar-refractivity contribution is 1.26. The van der Waals surface area contributed by atoms with Crippen LogP contribution < -0.4 is 0 Å². The number of hydrogen-bond donors (Lipinski definition) is 0. The van der Waals surface area contributed by atoms with E-state index >= 15 is 0 Å². The lowest BCUT2D eigenvalue weighted by atomic mass is 10.1. The lowest BCUT2D eigenvalue weighted by Crippen LogP contribution is -1.94. The van der Waals surface area contributed by atoms with Crippen molar-refractivity contribution < 1.29 is 0 Å². The van der Waals surface area contributed by atoms with Crippen LogP contribution in [-0.2, 0) is 10.7 Å². The van der Waals surface area contributed by atoms with E-state index in [-0.39, 0.29) is 0 Å². The number of benzene rings is 1. The smallest absolute Gasteiger partial charge is 0.0749 e. The molecule has 0 aliphatic carbocycles. The van der Waals surface area contributed by atoms with E-state index in [9.17, 15) is 0 Å². The zero-order chi connectivity index (χ0) is 10.9. The van der Waals surface area contributed by atoms with Crippen LogP contribution in [0.2, 0.25) is 10.0 Å². The van der Waals surface area contributed by atoms with Gasteiger partial charge in [0, 0.05) is 19.6 Å². The van der Waals surface area contributed by atoms with Crippen molar-refractivity contribution in [1.82, 2.24) is 0 Å². The van der Waals surface area contributed by atoms with E-state index < -0.39 is 0 Å². The van der Waals surface area contributed by atoms with E-state index in [1.165, 1.54) is 0 Å². The van der Waals surface area contributed by atoms with Crippen LogP contribution in [0.25, 0.3) is 0 Å². The van der Waals surface area contributed by atoms with Crippen LogP contribution >= 0.6 is 86.9 Å². The van der Waals surface area contributed by atoms with Gasteiger partial charge in [0.15, 0.2) is 0 Å². The molecule has 0 N–H and O–H groups in total. The summed E-state index contributed by atoms with van der Waals surface area (Å²) in [6.45, 7) is 0. The molecular weight excluding hydrogens is 487 g/mol. The molecule has 0 saturated heterocycles. The third-order valence-corrected chi connectivity index (χ3v) is 5.92. The minimum absolute atomic E-state index is 0.540. The van der Waals surface area contributed by atoms with Crippen molar-refractivity contribution in [2.45, 2.75) is 10.7 Å². The topological polar surface area (TPSA) is 0 Å². The molecule has 6 heteroatoms. The second-order valence-electron chi connectivity index (χ2n) is 2.48. The van der Waals surface area contributed by atoms with Crippen molar-refractivity contribution in [3.05, 3.63) is 30.1 Å². The molecule has 0 unspecified atom stereocenters. The summed E-state index contributed by atoms with van der Waals surface area (Å²) in [5, 5.41) is 2.53. The highest BCUT2D eigenvalue weighted by Gasteiger charge is 2.17. The maximum atomic E-state index is 6.05. The number of alkyl halides is 2. The quantitative estimate of drug-likeness (QED) is 0.259. The zero-order valence-corrected chi connectivity index (χ0v) is 14.5. The number of halogens is 6. The third-order valence-electron chi connectivity index (χ3n) is 1.74. The Morgan fingerprint density at radius 3 is 1.29 bits per heavy atom. The summed E-state index contributed by atoms with van der Waals surface area (Å²) >= 11 is 25.8. The summed E-state index contributed by atoms with van der Waals surface area (Å²) in [5.74, 6) is 0. The molecule has 0 bridgehead atoms. The summed E-state index contributed by atoms with van der Waals surface area (Å²) in [4.78, 5) is 0. The zero-order valence-electron chi connectivity index (χ0n) is 6.68. The van der Waals surface area contributed by atoms with Crippen LogP contribution in [0.15, 0.2) is 8.95 Å². The molecule has 0 amide bonds. The largest absolute Gasteiger partial charge is 0.0876 e. The van der Waals surface area contributed by atoms with Crippen LogP contribution in [0.4, 0.5) is 0 Å². The van der Waals surface area contributed by atoms with Crippen LogP contribution in [0.1, 0.15) is 11.1 Å². The molecule has 0 aliphatic heterocycles. The fourth-order valence-corrected chi connectivity index (χ4v) is 4.79. The third kappa shape index (κ3) is 2.51. The Hall–Kier alpha value is 1.72. The first kappa shape index (κ1) is 13.8. The van der Waals surface area contributed by atoms with Gasteiger partial charge in [-0.2, -0.15) is 0 Å². The highest BCUT2D eigenvalue weighted by molar-refractivity contribution is 9.11. The van der Waals surface area contributed by atoms with Gasteiger partial charge in [0.05, 0.1) is 10.0 Å². The summed E-state index contributed by atoms with van der Waals surface area (Å²) in [5.41, 5.74) is 2.20. The van der Waals surface area contributed by atoms with Gasteiger partial charge in [0.2, 0.25) is 0 Å². The van der Waals surface area contributed by atoms with E-state index in [1.807, 2.05) is 0 Å². The molecule has 0 atom stereocenters. The Morgan fingerprint density at radius 1 is 0.786 bits per heavy atom. The summed E-state index contributed by atoms with van der Waals surface area (Å²) in [7, 11) is 0. The van der Waals surface area contributed by atoms with E-state index in [0.717, 1.165) is 30.7 Å². The fourth-order valence-electron chi connectivity index (χ4n) is 1.00. The van der Waals surface area contributed by atoms with E-state index in [1.54, 1.807) is 0 Å². The molecule has 0 fully saturated rings. The molecular formula is C8H4Br4Cl2. The Kier molecular flexibility index (Phi) is 5.78. The predicted molar refractivity (Wildman–Crippen MR) is 77.1 cm³/mol. The van der Waals surface area contributed by atoms with E-state index in [4.69, 9.17) is 23.2 Å². The summed E-state index contributed by atoms with van der Waals surface area (Å²) in [6.07, 6.45) is 0. The average Bonchev–Trinajstić information content (AvgIpc) is 2.20. The van der Waals surface area contributed by atoms with Crippen molar-refractivity contribution in [2.24, 2.45) is 0 Å².